The van der Waals surface area contributed by atoms with E-state index in [2.05, 4.69) is 10.2 Å². The molecule has 0 amide bonds. The highest BCUT2D eigenvalue weighted by Crippen LogP contribution is 2.31. The number of hydrogen-bond donors (Lipinski definition) is 1. The zero-order valence-electron chi connectivity index (χ0n) is 14.9. The fraction of sp³-hybridized carbons (Fsp3) is 0.579. The Morgan fingerprint density at radius 1 is 1.24 bits per heavy atom. The van der Waals surface area contributed by atoms with E-state index in [-0.39, 0.29) is 28.6 Å². The van der Waals surface area contributed by atoms with Gasteiger partial charge < -0.3 is 0 Å². The first-order valence-electron chi connectivity index (χ1n) is 9.01. The van der Waals surface area contributed by atoms with Crippen LogP contribution >= 0.6 is 0 Å². The Morgan fingerprint density at radius 3 is 2.64 bits per heavy atom. The van der Waals surface area contributed by atoms with Gasteiger partial charge in [-0.1, -0.05) is 6.07 Å². The van der Waals surface area contributed by atoms with E-state index in [4.69, 9.17) is 0 Å². The number of benzene rings is 1. The molecule has 1 heterocycles. The molecule has 136 valence electrons. The summed E-state index contributed by atoms with van der Waals surface area (Å²) in [5, 5.41) is 7.62. The minimum atomic E-state index is -2.99. The van der Waals surface area contributed by atoms with E-state index >= 15 is 0 Å². The lowest BCUT2D eigenvalue weighted by Gasteiger charge is -2.28. The van der Waals surface area contributed by atoms with Crippen LogP contribution in [0.1, 0.15) is 45.1 Å². The number of nitrogens with zero attached hydrogens (tertiary/aromatic N) is 1. The lowest BCUT2D eigenvalue weighted by atomic mass is 9.79. The van der Waals surface area contributed by atoms with Crippen LogP contribution < -0.4 is 0 Å². The van der Waals surface area contributed by atoms with Gasteiger partial charge in [-0.05, 0) is 63.1 Å². The van der Waals surface area contributed by atoms with E-state index in [0.29, 0.717) is 6.42 Å². The van der Waals surface area contributed by atoms with Crippen molar-refractivity contribution in [3.8, 4) is 0 Å². The van der Waals surface area contributed by atoms with Crippen LogP contribution in [0.25, 0.3) is 10.9 Å². The first-order valence-corrected chi connectivity index (χ1v) is 10.7. The predicted octanol–water partition coefficient (Wildman–Crippen LogP) is 3.30. The molecule has 2 aromatic rings. The number of sulfone groups is 1. The van der Waals surface area contributed by atoms with Crippen molar-refractivity contribution in [3.05, 3.63) is 30.0 Å². The fourth-order valence-electron chi connectivity index (χ4n) is 3.62. The van der Waals surface area contributed by atoms with Crippen LogP contribution in [0.4, 0.5) is 0 Å². The summed E-state index contributed by atoms with van der Waals surface area (Å²) in [6, 6.07) is 5.94. The Morgan fingerprint density at radius 2 is 1.96 bits per heavy atom. The molecule has 0 radical (unpaired) electrons. The molecule has 3 rings (SSSR count). The number of ketones is 1. The quantitative estimate of drug-likeness (QED) is 0.855. The summed E-state index contributed by atoms with van der Waals surface area (Å²) < 4.78 is 24.1. The molecule has 1 N–H and O–H groups in total. The molecule has 0 saturated heterocycles. The third-order valence-electron chi connectivity index (χ3n) is 5.37. The van der Waals surface area contributed by atoms with Crippen molar-refractivity contribution < 1.29 is 13.2 Å². The molecule has 6 heteroatoms. The maximum atomic E-state index is 12.6. The van der Waals surface area contributed by atoms with Gasteiger partial charge in [0.05, 0.1) is 22.7 Å². The molecule has 1 aromatic carbocycles. The summed E-state index contributed by atoms with van der Waals surface area (Å²) in [6.45, 7) is 3.47. The van der Waals surface area contributed by atoms with E-state index in [1.54, 1.807) is 20.0 Å². The van der Waals surface area contributed by atoms with Crippen molar-refractivity contribution in [2.75, 3.05) is 5.75 Å². The Bertz CT molecular complexity index is 846. The summed E-state index contributed by atoms with van der Waals surface area (Å²) in [5.41, 5.74) is 1.99. The minimum absolute atomic E-state index is 0.0676. The second-order valence-electron chi connectivity index (χ2n) is 7.53. The van der Waals surface area contributed by atoms with Gasteiger partial charge in [-0.2, -0.15) is 5.10 Å². The maximum Gasteiger partial charge on any atom is 0.152 e. The number of Topliss-reactive ketones (excluding diaryl/α,β-unsaturated/α-hetero) is 1. The van der Waals surface area contributed by atoms with Gasteiger partial charge in [-0.25, -0.2) is 8.42 Å². The first-order chi connectivity index (χ1) is 11.8. The van der Waals surface area contributed by atoms with Crippen LogP contribution in [0, 0.1) is 11.8 Å². The Balaban J connectivity index is 1.54. The second-order valence-corrected chi connectivity index (χ2v) is 10.1. The number of nitrogens with one attached hydrogen (secondary N) is 1. The highest BCUT2D eigenvalue weighted by Gasteiger charge is 2.29. The largest absolute Gasteiger partial charge is 0.299 e. The van der Waals surface area contributed by atoms with E-state index < -0.39 is 9.84 Å². The molecule has 25 heavy (non-hydrogen) atoms. The van der Waals surface area contributed by atoms with E-state index in [1.807, 2.05) is 18.2 Å². The monoisotopic (exact) mass is 362 g/mol. The molecule has 1 aliphatic carbocycles. The Hall–Kier alpha value is -1.69. The van der Waals surface area contributed by atoms with Crippen molar-refractivity contribution >= 4 is 26.5 Å². The van der Waals surface area contributed by atoms with Gasteiger partial charge in [0.1, 0.15) is 5.78 Å². The van der Waals surface area contributed by atoms with Gasteiger partial charge in [-0.3, -0.25) is 9.89 Å². The van der Waals surface area contributed by atoms with Crippen molar-refractivity contribution in [3.63, 3.8) is 0 Å². The summed E-state index contributed by atoms with van der Waals surface area (Å²) in [7, 11) is -2.99. The van der Waals surface area contributed by atoms with Crippen molar-refractivity contribution in [1.82, 2.24) is 10.2 Å². The smallest absolute Gasteiger partial charge is 0.152 e. The standard InChI is InChI=1S/C19H26N2O3S/c1-13(2)25(23,24)12-14-3-6-16(7-4-14)19(22)10-15-5-8-18-17(9-15)11-20-21-18/h5,8-9,11,13-14,16H,3-4,6-7,10,12H2,1-2H3,(H,20,21). The number of fused-ring (bicyclic) bond motifs is 1. The van der Waals surface area contributed by atoms with Crippen LogP contribution in [0.15, 0.2) is 24.4 Å². The average Bonchev–Trinajstić information content (AvgIpc) is 3.02. The molecule has 0 unspecified atom stereocenters. The van der Waals surface area contributed by atoms with Gasteiger partial charge in [-0.15, -0.1) is 0 Å². The fourth-order valence-corrected chi connectivity index (χ4v) is 5.00. The van der Waals surface area contributed by atoms with Crippen LogP contribution in [0.3, 0.4) is 0 Å². The van der Waals surface area contributed by atoms with E-state index in [1.165, 1.54) is 0 Å². The summed E-state index contributed by atoms with van der Waals surface area (Å²) in [4.78, 5) is 12.6. The van der Waals surface area contributed by atoms with E-state index in [0.717, 1.165) is 42.1 Å². The van der Waals surface area contributed by atoms with Crippen LogP contribution in [0.5, 0.6) is 0 Å². The molecule has 5 nitrogen and oxygen atoms in total. The molecule has 0 spiro atoms. The normalized spacial score (nSPS) is 21.7. The second kappa shape index (κ2) is 7.28. The topological polar surface area (TPSA) is 79.9 Å². The van der Waals surface area contributed by atoms with Gasteiger partial charge in [0, 0.05) is 17.7 Å². The zero-order valence-corrected chi connectivity index (χ0v) is 15.7. The number of H-pyrrole nitrogens is 1. The molecular formula is C19H26N2O3S. The van der Waals surface area contributed by atoms with Gasteiger partial charge in [0.2, 0.25) is 0 Å². The van der Waals surface area contributed by atoms with Crippen molar-refractivity contribution in [2.24, 2.45) is 11.8 Å². The number of hydrogen-bond acceptors (Lipinski definition) is 4. The minimum Gasteiger partial charge on any atom is -0.299 e. The van der Waals surface area contributed by atoms with Gasteiger partial charge >= 0.3 is 0 Å². The predicted molar refractivity (Wildman–Crippen MR) is 99.2 cm³/mol. The third kappa shape index (κ3) is 4.29. The average molecular weight is 362 g/mol. The summed E-state index contributed by atoms with van der Waals surface area (Å²) in [5.74, 6) is 0.813. The summed E-state index contributed by atoms with van der Waals surface area (Å²) >= 11 is 0. The number of carbonyl (C=O) groups is 1. The highest BCUT2D eigenvalue weighted by molar-refractivity contribution is 7.91. The number of carbonyl (C=O) groups excluding carboxylic acids is 1. The first kappa shape index (κ1) is 18.1. The third-order valence-corrected chi connectivity index (χ3v) is 7.74. The van der Waals surface area contributed by atoms with Crippen molar-refractivity contribution in [2.45, 2.75) is 51.2 Å². The molecule has 1 saturated carbocycles. The highest BCUT2D eigenvalue weighted by atomic mass is 32.2. The van der Waals surface area contributed by atoms with Crippen LogP contribution in [-0.2, 0) is 21.1 Å². The zero-order chi connectivity index (χ0) is 18.0. The van der Waals surface area contributed by atoms with Gasteiger partial charge in [0.25, 0.3) is 0 Å². The van der Waals surface area contributed by atoms with E-state index in [9.17, 15) is 13.2 Å². The number of rotatable bonds is 6. The Kier molecular flexibility index (Phi) is 5.27. The Labute approximate surface area is 149 Å². The van der Waals surface area contributed by atoms with Crippen molar-refractivity contribution in [1.29, 1.82) is 0 Å². The van der Waals surface area contributed by atoms with Crippen LogP contribution in [-0.4, -0.2) is 35.4 Å². The van der Waals surface area contributed by atoms with Gasteiger partial charge in [0.15, 0.2) is 9.84 Å². The summed E-state index contributed by atoms with van der Waals surface area (Å²) in [6.07, 6.45) is 5.51. The molecule has 1 fully saturated rings. The molecule has 0 aliphatic heterocycles. The molecule has 0 atom stereocenters. The SMILES string of the molecule is CC(C)S(=O)(=O)CC1CCC(C(=O)Cc2ccc3[nH]ncc3c2)CC1. The molecule has 1 aliphatic rings. The molecule has 1 aromatic heterocycles. The lowest BCUT2D eigenvalue weighted by Crippen LogP contribution is -2.29. The molecule has 0 bridgehead atoms. The maximum absolute atomic E-state index is 12.6. The number of aromatic nitrogens is 2. The molecular weight excluding hydrogens is 336 g/mol. The number of aromatic amines is 1. The lowest BCUT2D eigenvalue weighted by molar-refractivity contribution is -0.123. The van der Waals surface area contributed by atoms with Crippen LogP contribution in [0.2, 0.25) is 0 Å².